The van der Waals surface area contributed by atoms with E-state index in [2.05, 4.69) is 9.97 Å². The minimum atomic E-state index is -0.441. The van der Waals surface area contributed by atoms with Gasteiger partial charge in [0.05, 0.1) is 23.8 Å². The molecule has 1 heterocycles. The average Bonchev–Trinajstić information content (AvgIpc) is 2.56. The summed E-state index contributed by atoms with van der Waals surface area (Å²) < 4.78 is 10.7. The van der Waals surface area contributed by atoms with Gasteiger partial charge in [-0.05, 0) is 37.3 Å². The Kier molecular flexibility index (Phi) is 4.39. The molecular formula is C17H13ClN2O3. The molecule has 0 amide bonds. The summed E-state index contributed by atoms with van der Waals surface area (Å²) in [4.78, 5) is 20.6. The van der Waals surface area contributed by atoms with Crippen molar-refractivity contribution in [1.29, 1.82) is 0 Å². The number of fused-ring (bicyclic) bond motifs is 1. The van der Waals surface area contributed by atoms with Gasteiger partial charge >= 0.3 is 5.97 Å². The molecule has 2 aromatic carbocycles. The first-order valence-corrected chi connectivity index (χ1v) is 7.41. The summed E-state index contributed by atoms with van der Waals surface area (Å²) >= 11 is 5.92. The van der Waals surface area contributed by atoms with Crippen molar-refractivity contribution in [1.82, 2.24) is 9.97 Å². The molecule has 6 heteroatoms. The Bertz CT molecular complexity index is 867. The number of rotatable bonds is 4. The van der Waals surface area contributed by atoms with Crippen LogP contribution in [0.2, 0.25) is 5.02 Å². The van der Waals surface area contributed by atoms with Gasteiger partial charge in [-0.3, -0.25) is 0 Å². The summed E-state index contributed by atoms with van der Waals surface area (Å²) in [6, 6.07) is 12.0. The van der Waals surface area contributed by atoms with Crippen molar-refractivity contribution >= 4 is 28.6 Å². The van der Waals surface area contributed by atoms with Gasteiger partial charge in [0.1, 0.15) is 11.3 Å². The first kappa shape index (κ1) is 15.2. The largest absolute Gasteiger partial charge is 0.462 e. The van der Waals surface area contributed by atoms with Crippen molar-refractivity contribution in [2.75, 3.05) is 6.61 Å². The number of para-hydroxylation sites is 1. The van der Waals surface area contributed by atoms with E-state index in [1.54, 1.807) is 49.4 Å². The topological polar surface area (TPSA) is 61.3 Å². The molecule has 0 bridgehead atoms. The maximum absolute atomic E-state index is 12.0. The van der Waals surface area contributed by atoms with Crippen molar-refractivity contribution in [2.24, 2.45) is 0 Å². The van der Waals surface area contributed by atoms with Crippen LogP contribution in [-0.2, 0) is 4.74 Å². The lowest BCUT2D eigenvalue weighted by molar-refractivity contribution is 0.0523. The van der Waals surface area contributed by atoms with Crippen LogP contribution in [-0.4, -0.2) is 22.5 Å². The van der Waals surface area contributed by atoms with Crippen molar-refractivity contribution in [3.8, 4) is 11.6 Å². The second-order valence-corrected chi connectivity index (χ2v) is 5.10. The Morgan fingerprint density at radius 2 is 2.00 bits per heavy atom. The second kappa shape index (κ2) is 6.62. The molecule has 116 valence electrons. The van der Waals surface area contributed by atoms with Crippen LogP contribution in [0.15, 0.2) is 48.7 Å². The Labute approximate surface area is 137 Å². The van der Waals surface area contributed by atoms with Gasteiger partial charge in [-0.15, -0.1) is 0 Å². The lowest BCUT2D eigenvalue weighted by Crippen LogP contribution is -2.06. The molecule has 0 fully saturated rings. The normalized spacial score (nSPS) is 10.5. The van der Waals surface area contributed by atoms with E-state index in [-0.39, 0.29) is 5.88 Å². The maximum atomic E-state index is 12.0. The molecule has 0 aliphatic carbocycles. The number of benzene rings is 2. The molecule has 0 saturated heterocycles. The van der Waals surface area contributed by atoms with Crippen LogP contribution in [0.1, 0.15) is 17.3 Å². The Hall–Kier alpha value is -2.66. The Balaban J connectivity index is 1.93. The standard InChI is InChI=1S/C17H13ClN2O3/c1-2-22-17(21)12-5-3-4-6-15(12)23-16-10-19-14-9-11(18)7-8-13(14)20-16/h3-10H,2H2,1H3. The summed E-state index contributed by atoms with van der Waals surface area (Å²) in [5.41, 5.74) is 1.66. The summed E-state index contributed by atoms with van der Waals surface area (Å²) in [6.45, 7) is 2.05. The Morgan fingerprint density at radius 1 is 1.17 bits per heavy atom. The number of ether oxygens (including phenoxy) is 2. The van der Waals surface area contributed by atoms with Crippen LogP contribution in [0.3, 0.4) is 0 Å². The number of nitrogens with zero attached hydrogens (tertiary/aromatic N) is 2. The van der Waals surface area contributed by atoms with Crippen molar-refractivity contribution in [3.63, 3.8) is 0 Å². The fourth-order valence-electron chi connectivity index (χ4n) is 2.06. The van der Waals surface area contributed by atoms with E-state index in [1.165, 1.54) is 6.20 Å². The summed E-state index contributed by atoms with van der Waals surface area (Å²) in [6.07, 6.45) is 1.49. The number of aromatic nitrogens is 2. The lowest BCUT2D eigenvalue weighted by Gasteiger charge is -2.09. The first-order chi connectivity index (χ1) is 11.2. The maximum Gasteiger partial charge on any atom is 0.341 e. The first-order valence-electron chi connectivity index (χ1n) is 7.03. The molecule has 5 nitrogen and oxygen atoms in total. The van der Waals surface area contributed by atoms with Crippen molar-refractivity contribution in [3.05, 3.63) is 59.2 Å². The quantitative estimate of drug-likeness (QED) is 0.670. The van der Waals surface area contributed by atoms with Crippen molar-refractivity contribution in [2.45, 2.75) is 6.92 Å². The third-order valence-corrected chi connectivity index (χ3v) is 3.31. The van der Waals surface area contributed by atoms with Crippen molar-refractivity contribution < 1.29 is 14.3 Å². The van der Waals surface area contributed by atoms with Crippen LogP contribution in [0.25, 0.3) is 11.0 Å². The van der Waals surface area contributed by atoms with E-state index in [0.29, 0.717) is 34.0 Å². The second-order valence-electron chi connectivity index (χ2n) is 4.66. The molecule has 3 aromatic rings. The highest BCUT2D eigenvalue weighted by Crippen LogP contribution is 2.26. The predicted molar refractivity (Wildman–Crippen MR) is 87.0 cm³/mol. The number of hydrogen-bond acceptors (Lipinski definition) is 5. The average molecular weight is 329 g/mol. The van der Waals surface area contributed by atoms with E-state index in [1.807, 2.05) is 0 Å². The molecule has 0 aliphatic rings. The number of esters is 1. The van der Waals surface area contributed by atoms with Crippen LogP contribution in [0.4, 0.5) is 0 Å². The van der Waals surface area contributed by atoms with E-state index < -0.39 is 5.97 Å². The highest BCUT2D eigenvalue weighted by Gasteiger charge is 2.14. The highest BCUT2D eigenvalue weighted by atomic mass is 35.5. The molecular weight excluding hydrogens is 316 g/mol. The zero-order chi connectivity index (χ0) is 16.2. The molecule has 3 rings (SSSR count). The molecule has 0 saturated carbocycles. The summed E-state index contributed by atoms with van der Waals surface area (Å²) in [5, 5.41) is 0.591. The molecule has 0 N–H and O–H groups in total. The third-order valence-electron chi connectivity index (χ3n) is 3.08. The minimum absolute atomic E-state index is 0.288. The summed E-state index contributed by atoms with van der Waals surface area (Å²) in [5.74, 6) is 0.216. The monoisotopic (exact) mass is 328 g/mol. The van der Waals surface area contributed by atoms with Gasteiger partial charge in [0.15, 0.2) is 0 Å². The smallest absolute Gasteiger partial charge is 0.341 e. The molecule has 0 aliphatic heterocycles. The van der Waals surface area contributed by atoms with E-state index in [0.717, 1.165) is 0 Å². The number of carbonyl (C=O) groups is 1. The van der Waals surface area contributed by atoms with Gasteiger partial charge in [0.25, 0.3) is 0 Å². The number of carbonyl (C=O) groups excluding carboxylic acids is 1. The number of hydrogen-bond donors (Lipinski definition) is 0. The van der Waals surface area contributed by atoms with Crippen LogP contribution in [0, 0.1) is 0 Å². The van der Waals surface area contributed by atoms with Crippen LogP contribution in [0.5, 0.6) is 11.6 Å². The fourth-order valence-corrected chi connectivity index (χ4v) is 2.23. The Morgan fingerprint density at radius 3 is 2.83 bits per heavy atom. The van der Waals surface area contributed by atoms with Crippen LogP contribution >= 0.6 is 11.6 Å². The van der Waals surface area contributed by atoms with E-state index in [9.17, 15) is 4.79 Å². The molecule has 0 unspecified atom stereocenters. The lowest BCUT2D eigenvalue weighted by atomic mass is 10.2. The van der Waals surface area contributed by atoms with Gasteiger partial charge in [-0.25, -0.2) is 14.8 Å². The van der Waals surface area contributed by atoms with Gasteiger partial charge in [0.2, 0.25) is 5.88 Å². The highest BCUT2D eigenvalue weighted by molar-refractivity contribution is 6.31. The SMILES string of the molecule is CCOC(=O)c1ccccc1Oc1cnc2cc(Cl)ccc2n1. The molecule has 0 radical (unpaired) electrons. The minimum Gasteiger partial charge on any atom is -0.462 e. The van der Waals surface area contributed by atoms with Gasteiger partial charge in [-0.2, -0.15) is 0 Å². The summed E-state index contributed by atoms with van der Waals surface area (Å²) in [7, 11) is 0. The fraction of sp³-hybridized carbons (Fsp3) is 0.118. The molecule has 23 heavy (non-hydrogen) atoms. The molecule has 0 spiro atoms. The van der Waals surface area contributed by atoms with Gasteiger partial charge in [-0.1, -0.05) is 23.7 Å². The molecule has 1 aromatic heterocycles. The third kappa shape index (κ3) is 3.40. The number of halogens is 1. The zero-order valence-electron chi connectivity index (χ0n) is 12.3. The van der Waals surface area contributed by atoms with E-state index in [4.69, 9.17) is 21.1 Å². The van der Waals surface area contributed by atoms with Gasteiger partial charge < -0.3 is 9.47 Å². The zero-order valence-corrected chi connectivity index (χ0v) is 13.1. The predicted octanol–water partition coefficient (Wildman–Crippen LogP) is 4.25. The molecule has 0 atom stereocenters. The van der Waals surface area contributed by atoms with E-state index >= 15 is 0 Å². The van der Waals surface area contributed by atoms with Crippen LogP contribution < -0.4 is 4.74 Å². The van der Waals surface area contributed by atoms with Gasteiger partial charge in [0, 0.05) is 5.02 Å².